The van der Waals surface area contributed by atoms with E-state index in [9.17, 15) is 0 Å². The average molecular weight is 217 g/mol. The van der Waals surface area contributed by atoms with E-state index in [4.69, 9.17) is 10.00 Å². The quantitative estimate of drug-likeness (QED) is 0.705. The first-order valence-corrected chi connectivity index (χ1v) is 5.76. The number of rotatable bonds is 5. The zero-order valence-corrected chi connectivity index (χ0v) is 10.3. The highest BCUT2D eigenvalue weighted by Crippen LogP contribution is 2.23. The first-order valence-electron chi connectivity index (χ1n) is 5.76. The smallest absolute Gasteiger partial charge is 0.123 e. The van der Waals surface area contributed by atoms with Crippen molar-refractivity contribution in [2.45, 2.75) is 46.1 Å². The van der Waals surface area contributed by atoms with E-state index in [2.05, 4.69) is 31.2 Å². The van der Waals surface area contributed by atoms with Crippen LogP contribution in [0, 0.1) is 18.3 Å². The number of nitrogens with zero attached hydrogens (tertiary/aromatic N) is 1. The molecule has 16 heavy (non-hydrogen) atoms. The standard InChI is InChI=1S/C14H19NO/c1-11(2)16-14-10-12(3)7-8-13(14)6-4-5-9-15/h7-8,10-11H,4-6H2,1-3H3. The predicted octanol–water partition coefficient (Wildman–Crippen LogP) is 3.63. The Balaban J connectivity index is 2.77. The largest absolute Gasteiger partial charge is 0.491 e. The summed E-state index contributed by atoms with van der Waals surface area (Å²) in [6.07, 6.45) is 2.61. The van der Waals surface area contributed by atoms with Crippen molar-refractivity contribution in [2.24, 2.45) is 0 Å². The molecule has 0 fully saturated rings. The molecule has 0 bridgehead atoms. The summed E-state index contributed by atoms with van der Waals surface area (Å²) in [5.41, 5.74) is 2.41. The molecule has 0 saturated carbocycles. The molecule has 2 nitrogen and oxygen atoms in total. The molecular formula is C14H19NO. The third kappa shape index (κ3) is 3.94. The van der Waals surface area contributed by atoms with Crippen LogP contribution < -0.4 is 4.74 Å². The lowest BCUT2D eigenvalue weighted by atomic mass is 10.1. The molecule has 0 aliphatic carbocycles. The van der Waals surface area contributed by atoms with Gasteiger partial charge >= 0.3 is 0 Å². The van der Waals surface area contributed by atoms with E-state index in [-0.39, 0.29) is 6.10 Å². The zero-order chi connectivity index (χ0) is 12.0. The molecule has 86 valence electrons. The Morgan fingerprint density at radius 3 is 2.75 bits per heavy atom. The van der Waals surface area contributed by atoms with Gasteiger partial charge in [0.25, 0.3) is 0 Å². The summed E-state index contributed by atoms with van der Waals surface area (Å²) in [7, 11) is 0. The fourth-order valence-electron chi connectivity index (χ4n) is 1.59. The Morgan fingerprint density at radius 1 is 1.38 bits per heavy atom. The highest BCUT2D eigenvalue weighted by molar-refractivity contribution is 5.37. The average Bonchev–Trinajstić information content (AvgIpc) is 2.20. The highest BCUT2D eigenvalue weighted by Gasteiger charge is 2.05. The van der Waals surface area contributed by atoms with Crippen LogP contribution in [-0.2, 0) is 6.42 Å². The van der Waals surface area contributed by atoms with E-state index in [1.165, 1.54) is 11.1 Å². The van der Waals surface area contributed by atoms with Crippen LogP contribution in [0.1, 0.15) is 37.8 Å². The van der Waals surface area contributed by atoms with Crippen LogP contribution in [0.25, 0.3) is 0 Å². The van der Waals surface area contributed by atoms with Crippen molar-refractivity contribution in [3.63, 3.8) is 0 Å². The molecule has 0 heterocycles. The van der Waals surface area contributed by atoms with Crippen LogP contribution >= 0.6 is 0 Å². The first kappa shape index (κ1) is 12.6. The van der Waals surface area contributed by atoms with Crippen LogP contribution in [0.5, 0.6) is 5.75 Å². The zero-order valence-electron chi connectivity index (χ0n) is 10.3. The molecule has 0 N–H and O–H groups in total. The van der Waals surface area contributed by atoms with Crippen molar-refractivity contribution >= 4 is 0 Å². The summed E-state index contributed by atoms with van der Waals surface area (Å²) >= 11 is 0. The van der Waals surface area contributed by atoms with Crippen molar-refractivity contribution in [3.05, 3.63) is 29.3 Å². The summed E-state index contributed by atoms with van der Waals surface area (Å²) < 4.78 is 5.77. The number of ether oxygens (including phenoxy) is 1. The summed E-state index contributed by atoms with van der Waals surface area (Å²) in [6.45, 7) is 6.12. The molecule has 0 radical (unpaired) electrons. The lowest BCUT2D eigenvalue weighted by molar-refractivity contribution is 0.239. The fraction of sp³-hybridized carbons (Fsp3) is 0.500. The third-order valence-corrected chi connectivity index (χ3v) is 2.32. The molecule has 0 aromatic heterocycles. The van der Waals surface area contributed by atoms with Crippen molar-refractivity contribution in [1.82, 2.24) is 0 Å². The monoisotopic (exact) mass is 217 g/mol. The molecule has 0 aliphatic heterocycles. The number of hydrogen-bond donors (Lipinski definition) is 0. The van der Waals surface area contributed by atoms with Gasteiger partial charge in [0.2, 0.25) is 0 Å². The molecule has 0 aliphatic rings. The van der Waals surface area contributed by atoms with Gasteiger partial charge in [-0.25, -0.2) is 0 Å². The van der Waals surface area contributed by atoms with Gasteiger partial charge in [-0.2, -0.15) is 5.26 Å². The molecule has 0 amide bonds. The Kier molecular flexibility index (Phi) is 4.85. The van der Waals surface area contributed by atoms with Gasteiger partial charge in [-0.3, -0.25) is 0 Å². The topological polar surface area (TPSA) is 33.0 Å². The molecule has 1 aromatic carbocycles. The van der Waals surface area contributed by atoms with Crippen LogP contribution in [-0.4, -0.2) is 6.10 Å². The fourth-order valence-corrected chi connectivity index (χ4v) is 1.59. The summed E-state index contributed by atoms with van der Waals surface area (Å²) in [4.78, 5) is 0. The minimum Gasteiger partial charge on any atom is -0.491 e. The number of nitriles is 1. The van der Waals surface area contributed by atoms with E-state index in [1.54, 1.807) is 0 Å². The minimum absolute atomic E-state index is 0.191. The number of unbranched alkanes of at least 4 members (excludes halogenated alkanes) is 1. The molecule has 0 unspecified atom stereocenters. The van der Waals surface area contributed by atoms with Gasteiger partial charge in [-0.15, -0.1) is 0 Å². The third-order valence-electron chi connectivity index (χ3n) is 2.32. The molecule has 0 saturated heterocycles. The van der Waals surface area contributed by atoms with E-state index >= 15 is 0 Å². The van der Waals surface area contributed by atoms with E-state index < -0.39 is 0 Å². The maximum absolute atomic E-state index is 8.52. The number of benzene rings is 1. The number of aryl methyl sites for hydroxylation is 2. The van der Waals surface area contributed by atoms with Gasteiger partial charge < -0.3 is 4.74 Å². The summed E-state index contributed by atoms with van der Waals surface area (Å²) in [5, 5.41) is 8.52. The van der Waals surface area contributed by atoms with E-state index in [0.29, 0.717) is 6.42 Å². The molecule has 2 heteroatoms. The van der Waals surface area contributed by atoms with Gasteiger partial charge in [-0.05, 0) is 50.8 Å². The van der Waals surface area contributed by atoms with Gasteiger partial charge in [-0.1, -0.05) is 12.1 Å². The van der Waals surface area contributed by atoms with E-state index in [0.717, 1.165) is 18.6 Å². The molecule has 1 aromatic rings. The summed E-state index contributed by atoms with van der Waals surface area (Å²) in [5.74, 6) is 0.966. The second kappa shape index (κ2) is 6.17. The van der Waals surface area contributed by atoms with Crippen molar-refractivity contribution in [3.8, 4) is 11.8 Å². The Bertz CT molecular complexity index is 377. The van der Waals surface area contributed by atoms with Crippen LogP contribution in [0.15, 0.2) is 18.2 Å². The van der Waals surface area contributed by atoms with Crippen molar-refractivity contribution in [2.75, 3.05) is 0 Å². The Morgan fingerprint density at radius 2 is 2.12 bits per heavy atom. The predicted molar refractivity (Wildman–Crippen MR) is 65.5 cm³/mol. The van der Waals surface area contributed by atoms with Gasteiger partial charge in [0.1, 0.15) is 5.75 Å². The first-order chi connectivity index (χ1) is 7.63. The lowest BCUT2D eigenvalue weighted by Gasteiger charge is -2.14. The van der Waals surface area contributed by atoms with Gasteiger partial charge in [0, 0.05) is 6.42 Å². The van der Waals surface area contributed by atoms with Crippen molar-refractivity contribution in [1.29, 1.82) is 5.26 Å². The highest BCUT2D eigenvalue weighted by atomic mass is 16.5. The van der Waals surface area contributed by atoms with Gasteiger partial charge in [0.05, 0.1) is 12.2 Å². The maximum Gasteiger partial charge on any atom is 0.123 e. The molecule has 1 rings (SSSR count). The lowest BCUT2D eigenvalue weighted by Crippen LogP contribution is -2.07. The van der Waals surface area contributed by atoms with Crippen molar-refractivity contribution < 1.29 is 4.74 Å². The van der Waals surface area contributed by atoms with Crippen LogP contribution in [0.4, 0.5) is 0 Å². The number of hydrogen-bond acceptors (Lipinski definition) is 2. The molecule has 0 atom stereocenters. The Labute approximate surface area is 97.9 Å². The van der Waals surface area contributed by atoms with Crippen LogP contribution in [0.2, 0.25) is 0 Å². The maximum atomic E-state index is 8.52. The molecular weight excluding hydrogens is 198 g/mol. The summed E-state index contributed by atoms with van der Waals surface area (Å²) in [6, 6.07) is 8.43. The van der Waals surface area contributed by atoms with E-state index in [1.807, 2.05) is 13.8 Å². The van der Waals surface area contributed by atoms with Gasteiger partial charge in [0.15, 0.2) is 0 Å². The normalized spacial score (nSPS) is 10.2. The SMILES string of the molecule is Cc1ccc(CCCC#N)c(OC(C)C)c1. The second-order valence-corrected chi connectivity index (χ2v) is 4.29. The second-order valence-electron chi connectivity index (χ2n) is 4.29. The van der Waals surface area contributed by atoms with Crippen LogP contribution in [0.3, 0.4) is 0 Å². The minimum atomic E-state index is 0.191. The Hall–Kier alpha value is -1.49. The molecule has 0 spiro atoms.